The summed E-state index contributed by atoms with van der Waals surface area (Å²) in [6.07, 6.45) is 2.52. The number of hydrogen-bond acceptors (Lipinski definition) is 4. The highest BCUT2D eigenvalue weighted by Gasteiger charge is 2.32. The monoisotopic (exact) mass is 277 g/mol. The molecule has 2 amide bonds. The summed E-state index contributed by atoms with van der Waals surface area (Å²) >= 11 is 6.15. The molecule has 2 heterocycles. The molecular formula is C13H12ClN3O2. The summed E-state index contributed by atoms with van der Waals surface area (Å²) in [6, 6.07) is 5.19. The van der Waals surface area contributed by atoms with Crippen LogP contribution in [0.1, 0.15) is 18.4 Å². The van der Waals surface area contributed by atoms with E-state index in [-0.39, 0.29) is 17.9 Å². The van der Waals surface area contributed by atoms with Gasteiger partial charge in [0.1, 0.15) is 6.04 Å². The second kappa shape index (κ2) is 4.66. The van der Waals surface area contributed by atoms with Gasteiger partial charge in [-0.05, 0) is 18.6 Å². The lowest BCUT2D eigenvalue weighted by molar-refractivity contribution is -0.136. The smallest absolute Gasteiger partial charge is 0.249 e. The fourth-order valence-electron chi connectivity index (χ4n) is 2.37. The Morgan fingerprint density at radius 1 is 1.37 bits per heavy atom. The number of amides is 2. The molecule has 0 aromatic heterocycles. The van der Waals surface area contributed by atoms with Gasteiger partial charge >= 0.3 is 0 Å². The number of hydrogen-bond donors (Lipinski definition) is 1. The summed E-state index contributed by atoms with van der Waals surface area (Å²) in [5.74, 6) is -0.480. The Morgan fingerprint density at radius 2 is 2.21 bits per heavy atom. The zero-order valence-electron chi connectivity index (χ0n) is 10.1. The largest absolute Gasteiger partial charge is 0.346 e. The van der Waals surface area contributed by atoms with Gasteiger partial charge in [0.25, 0.3) is 0 Å². The van der Waals surface area contributed by atoms with Gasteiger partial charge in [0.15, 0.2) is 0 Å². The van der Waals surface area contributed by atoms with Gasteiger partial charge in [-0.15, -0.1) is 0 Å². The summed E-state index contributed by atoms with van der Waals surface area (Å²) in [5.41, 5.74) is 1.74. The molecule has 1 saturated heterocycles. The maximum atomic E-state index is 11.8. The molecule has 1 fully saturated rings. The molecule has 0 bridgehead atoms. The molecule has 0 aliphatic carbocycles. The van der Waals surface area contributed by atoms with Crippen LogP contribution in [0.15, 0.2) is 23.2 Å². The van der Waals surface area contributed by atoms with Gasteiger partial charge < -0.3 is 4.90 Å². The Morgan fingerprint density at radius 3 is 3.00 bits per heavy atom. The van der Waals surface area contributed by atoms with Crippen LogP contribution < -0.4 is 5.32 Å². The highest BCUT2D eigenvalue weighted by Crippen LogP contribution is 2.31. The number of nitrogens with zero attached hydrogens (tertiary/aromatic N) is 2. The number of piperidine rings is 1. The van der Waals surface area contributed by atoms with E-state index in [9.17, 15) is 9.59 Å². The van der Waals surface area contributed by atoms with Crippen LogP contribution in [0.5, 0.6) is 0 Å². The first kappa shape index (κ1) is 12.2. The van der Waals surface area contributed by atoms with E-state index in [1.807, 2.05) is 23.1 Å². The molecule has 19 heavy (non-hydrogen) atoms. The van der Waals surface area contributed by atoms with Crippen LogP contribution in [0.3, 0.4) is 0 Å². The molecular weight excluding hydrogens is 266 g/mol. The fraction of sp³-hybridized carbons (Fsp3) is 0.308. The van der Waals surface area contributed by atoms with Crippen molar-refractivity contribution in [3.05, 3.63) is 28.8 Å². The van der Waals surface area contributed by atoms with Crippen LogP contribution in [-0.2, 0) is 16.1 Å². The summed E-state index contributed by atoms with van der Waals surface area (Å²) in [7, 11) is 0. The van der Waals surface area contributed by atoms with Crippen LogP contribution in [0.25, 0.3) is 0 Å². The van der Waals surface area contributed by atoms with E-state index < -0.39 is 0 Å². The van der Waals surface area contributed by atoms with Crippen molar-refractivity contribution in [1.82, 2.24) is 10.2 Å². The van der Waals surface area contributed by atoms with Gasteiger partial charge in [-0.1, -0.05) is 17.7 Å². The van der Waals surface area contributed by atoms with Crippen LogP contribution in [0.4, 0.5) is 5.69 Å². The summed E-state index contributed by atoms with van der Waals surface area (Å²) in [6.45, 7) is 0.533. The van der Waals surface area contributed by atoms with Crippen LogP contribution in [0, 0.1) is 0 Å². The van der Waals surface area contributed by atoms with Gasteiger partial charge in [-0.25, -0.2) is 4.99 Å². The number of rotatable bonds is 1. The zero-order chi connectivity index (χ0) is 13.4. The minimum atomic E-state index is -0.356. The Kier molecular flexibility index (Phi) is 2.98. The average molecular weight is 278 g/mol. The van der Waals surface area contributed by atoms with Gasteiger partial charge in [-0.2, -0.15) is 0 Å². The first-order chi connectivity index (χ1) is 9.15. The predicted octanol–water partition coefficient (Wildman–Crippen LogP) is 1.62. The first-order valence-corrected chi connectivity index (χ1v) is 6.44. The molecule has 1 N–H and O–H groups in total. The van der Waals surface area contributed by atoms with Crippen LogP contribution in [-0.4, -0.2) is 29.1 Å². The maximum absolute atomic E-state index is 11.8. The average Bonchev–Trinajstić information content (AvgIpc) is 2.39. The quantitative estimate of drug-likeness (QED) is 0.794. The molecule has 1 aromatic carbocycles. The third-order valence-corrected chi connectivity index (χ3v) is 3.74. The molecule has 1 unspecified atom stereocenters. The molecule has 5 nitrogen and oxygen atoms in total. The van der Waals surface area contributed by atoms with E-state index in [0.29, 0.717) is 24.4 Å². The standard InChI is InChI=1S/C13H12ClN3O2/c14-9-2-1-3-10-8(9)6-17(7-15-10)11-4-5-12(18)16-13(11)19/h1-3,7,11H,4-6H2,(H,16,18,19). The summed E-state index contributed by atoms with van der Waals surface area (Å²) in [4.78, 5) is 29.1. The van der Waals surface area contributed by atoms with Crippen molar-refractivity contribution < 1.29 is 9.59 Å². The SMILES string of the molecule is O=C1CCC(N2C=Nc3cccc(Cl)c3C2)C(=O)N1. The molecule has 2 aliphatic rings. The number of fused-ring (bicyclic) bond motifs is 1. The third-order valence-electron chi connectivity index (χ3n) is 3.39. The van der Waals surface area contributed by atoms with Crippen molar-refractivity contribution in [2.24, 2.45) is 4.99 Å². The van der Waals surface area contributed by atoms with Gasteiger partial charge in [0.05, 0.1) is 12.0 Å². The minimum absolute atomic E-state index is 0.214. The highest BCUT2D eigenvalue weighted by atomic mass is 35.5. The minimum Gasteiger partial charge on any atom is -0.346 e. The van der Waals surface area contributed by atoms with Crippen molar-refractivity contribution in [2.75, 3.05) is 0 Å². The highest BCUT2D eigenvalue weighted by molar-refractivity contribution is 6.31. The van der Waals surface area contributed by atoms with Crippen molar-refractivity contribution >= 4 is 35.4 Å². The molecule has 98 valence electrons. The number of carbonyl (C=O) groups excluding carboxylic acids is 2. The van der Waals surface area contributed by atoms with E-state index in [1.54, 1.807) is 6.34 Å². The molecule has 1 atom stereocenters. The third kappa shape index (κ3) is 2.21. The number of halogens is 1. The number of imide groups is 1. The molecule has 0 spiro atoms. The first-order valence-electron chi connectivity index (χ1n) is 6.06. The summed E-state index contributed by atoms with van der Waals surface area (Å²) in [5, 5.41) is 3.00. The number of benzene rings is 1. The Bertz CT molecular complexity index is 585. The number of nitrogens with one attached hydrogen (secondary N) is 1. The molecule has 0 radical (unpaired) electrons. The van der Waals surface area contributed by atoms with E-state index in [4.69, 9.17) is 11.6 Å². The lowest BCUT2D eigenvalue weighted by Gasteiger charge is -2.33. The molecule has 3 rings (SSSR count). The Hall–Kier alpha value is -1.88. The van der Waals surface area contributed by atoms with Crippen molar-refractivity contribution in [1.29, 1.82) is 0 Å². The molecule has 6 heteroatoms. The van der Waals surface area contributed by atoms with E-state index in [1.165, 1.54) is 0 Å². The second-order valence-electron chi connectivity index (χ2n) is 4.62. The second-order valence-corrected chi connectivity index (χ2v) is 5.03. The van der Waals surface area contributed by atoms with Crippen molar-refractivity contribution in [2.45, 2.75) is 25.4 Å². The van der Waals surface area contributed by atoms with E-state index in [0.717, 1.165) is 11.3 Å². The molecule has 1 aromatic rings. The lowest BCUT2D eigenvalue weighted by Crippen LogP contribution is -2.52. The van der Waals surface area contributed by atoms with Crippen molar-refractivity contribution in [3.63, 3.8) is 0 Å². The lowest BCUT2D eigenvalue weighted by atomic mass is 10.0. The fourth-order valence-corrected chi connectivity index (χ4v) is 2.60. The van der Waals surface area contributed by atoms with Crippen LogP contribution >= 0.6 is 11.6 Å². The Balaban J connectivity index is 1.84. The van der Waals surface area contributed by atoms with Gasteiger partial charge in [-0.3, -0.25) is 14.9 Å². The maximum Gasteiger partial charge on any atom is 0.249 e. The van der Waals surface area contributed by atoms with Gasteiger partial charge in [0.2, 0.25) is 11.8 Å². The van der Waals surface area contributed by atoms with Crippen molar-refractivity contribution in [3.8, 4) is 0 Å². The Labute approximate surface area is 115 Å². The molecule has 0 saturated carbocycles. The number of aliphatic imine (C=N–C) groups is 1. The zero-order valence-corrected chi connectivity index (χ0v) is 10.9. The predicted molar refractivity (Wildman–Crippen MR) is 71.3 cm³/mol. The topological polar surface area (TPSA) is 61.8 Å². The van der Waals surface area contributed by atoms with Crippen LogP contribution in [0.2, 0.25) is 5.02 Å². The van der Waals surface area contributed by atoms with E-state index >= 15 is 0 Å². The summed E-state index contributed by atoms with van der Waals surface area (Å²) < 4.78 is 0. The number of carbonyl (C=O) groups is 2. The van der Waals surface area contributed by atoms with Gasteiger partial charge in [0, 0.05) is 23.6 Å². The molecule has 2 aliphatic heterocycles. The van der Waals surface area contributed by atoms with E-state index in [2.05, 4.69) is 10.3 Å². The normalized spacial score (nSPS) is 22.2.